The van der Waals surface area contributed by atoms with E-state index in [-0.39, 0.29) is 5.69 Å². The quantitative estimate of drug-likeness (QED) is 0.256. The van der Waals surface area contributed by atoms with Crippen LogP contribution in [0.3, 0.4) is 0 Å². The Morgan fingerprint density at radius 1 is 1.42 bits per heavy atom. The van der Waals surface area contributed by atoms with E-state index in [0.29, 0.717) is 5.69 Å². The van der Waals surface area contributed by atoms with E-state index in [4.69, 9.17) is 11.7 Å². The number of nitrogens with one attached hydrogen (secondary N) is 2. The summed E-state index contributed by atoms with van der Waals surface area (Å²) in [6.45, 7) is 0. The minimum atomic E-state index is -0.432. The highest BCUT2D eigenvalue weighted by Gasteiger charge is 2.02. The molecule has 12 heavy (non-hydrogen) atoms. The van der Waals surface area contributed by atoms with Crippen LogP contribution < -0.4 is 22.5 Å². The lowest BCUT2D eigenvalue weighted by atomic mass is 10.3. The van der Waals surface area contributed by atoms with Gasteiger partial charge in [-0.1, -0.05) is 0 Å². The fourth-order valence-corrected chi connectivity index (χ4v) is 0.688. The van der Waals surface area contributed by atoms with Crippen LogP contribution in [0, 0.1) is 0 Å². The van der Waals surface area contributed by atoms with Crippen molar-refractivity contribution in [2.75, 3.05) is 5.43 Å². The van der Waals surface area contributed by atoms with Crippen molar-refractivity contribution in [2.24, 2.45) is 11.7 Å². The van der Waals surface area contributed by atoms with Crippen molar-refractivity contribution in [3.8, 4) is 0 Å². The number of nitrogens with two attached hydrogens (primary N) is 2. The number of amides is 1. The Hall–Kier alpha value is -1.66. The SMILES string of the molecule is NNC(=O)c1ccc(NN)cn1. The third-order valence-corrected chi connectivity index (χ3v) is 1.29. The first-order valence-corrected chi connectivity index (χ1v) is 3.21. The average molecular weight is 167 g/mol. The number of nitrogens with zero attached hydrogens (tertiary/aromatic N) is 1. The zero-order valence-electron chi connectivity index (χ0n) is 6.24. The maximum atomic E-state index is 10.9. The van der Waals surface area contributed by atoms with Crippen LogP contribution in [0.1, 0.15) is 10.5 Å². The van der Waals surface area contributed by atoms with Crippen LogP contribution in [-0.2, 0) is 0 Å². The lowest BCUT2D eigenvalue weighted by molar-refractivity contribution is 0.0949. The number of hydrogen-bond acceptors (Lipinski definition) is 5. The molecule has 6 N–H and O–H groups in total. The van der Waals surface area contributed by atoms with E-state index in [1.54, 1.807) is 6.07 Å². The predicted octanol–water partition coefficient (Wildman–Crippen LogP) is -1.03. The molecule has 0 saturated carbocycles. The number of rotatable bonds is 2. The molecule has 0 radical (unpaired) electrons. The standard InChI is InChI=1S/C6H9N5O/c7-10-4-1-2-5(9-3-4)6(12)11-8/h1-3,10H,7-8H2,(H,11,12). The number of hydrogen-bond donors (Lipinski definition) is 4. The summed E-state index contributed by atoms with van der Waals surface area (Å²) in [5.41, 5.74) is 5.23. The van der Waals surface area contributed by atoms with Crippen molar-refractivity contribution in [3.05, 3.63) is 24.0 Å². The van der Waals surface area contributed by atoms with Crippen LogP contribution in [0.15, 0.2) is 18.3 Å². The number of nitrogen functional groups attached to an aromatic ring is 2. The summed E-state index contributed by atoms with van der Waals surface area (Å²) in [4.78, 5) is 14.6. The summed E-state index contributed by atoms with van der Waals surface area (Å²) >= 11 is 0. The van der Waals surface area contributed by atoms with E-state index < -0.39 is 5.91 Å². The maximum absolute atomic E-state index is 10.9. The highest BCUT2D eigenvalue weighted by molar-refractivity contribution is 5.91. The van der Waals surface area contributed by atoms with E-state index in [9.17, 15) is 4.79 Å². The summed E-state index contributed by atoms with van der Waals surface area (Å²) < 4.78 is 0. The minimum Gasteiger partial charge on any atom is -0.323 e. The molecule has 0 aliphatic rings. The Kier molecular flexibility index (Phi) is 2.57. The van der Waals surface area contributed by atoms with Gasteiger partial charge in [0.25, 0.3) is 5.91 Å². The van der Waals surface area contributed by atoms with Crippen molar-refractivity contribution in [3.63, 3.8) is 0 Å². The van der Waals surface area contributed by atoms with Crippen LogP contribution in [0.4, 0.5) is 5.69 Å². The maximum Gasteiger partial charge on any atom is 0.283 e. The number of hydrazine groups is 2. The molecular formula is C6H9N5O. The monoisotopic (exact) mass is 167 g/mol. The van der Waals surface area contributed by atoms with Crippen LogP contribution in [0.5, 0.6) is 0 Å². The van der Waals surface area contributed by atoms with Gasteiger partial charge in [-0.2, -0.15) is 0 Å². The Morgan fingerprint density at radius 2 is 2.17 bits per heavy atom. The van der Waals surface area contributed by atoms with Gasteiger partial charge in [-0.15, -0.1) is 0 Å². The molecule has 0 atom stereocenters. The van der Waals surface area contributed by atoms with Gasteiger partial charge in [0.05, 0.1) is 11.9 Å². The second kappa shape index (κ2) is 3.65. The highest BCUT2D eigenvalue weighted by atomic mass is 16.2. The van der Waals surface area contributed by atoms with Crippen LogP contribution >= 0.6 is 0 Å². The van der Waals surface area contributed by atoms with Gasteiger partial charge in [0.1, 0.15) is 5.69 Å². The van der Waals surface area contributed by atoms with Gasteiger partial charge in [-0.05, 0) is 12.1 Å². The third-order valence-electron chi connectivity index (χ3n) is 1.29. The Bertz CT molecular complexity index is 270. The van der Waals surface area contributed by atoms with E-state index in [1.807, 2.05) is 5.43 Å². The van der Waals surface area contributed by atoms with Crippen molar-refractivity contribution >= 4 is 11.6 Å². The topological polar surface area (TPSA) is 106 Å². The second-order valence-corrected chi connectivity index (χ2v) is 2.05. The smallest absolute Gasteiger partial charge is 0.283 e. The fourth-order valence-electron chi connectivity index (χ4n) is 0.688. The first-order chi connectivity index (χ1) is 5.77. The number of carbonyl (C=O) groups excluding carboxylic acids is 1. The molecule has 0 aliphatic heterocycles. The van der Waals surface area contributed by atoms with E-state index in [0.717, 1.165) is 0 Å². The summed E-state index contributed by atoms with van der Waals surface area (Å²) in [7, 11) is 0. The number of carbonyl (C=O) groups is 1. The predicted molar refractivity (Wildman–Crippen MR) is 43.7 cm³/mol. The van der Waals surface area contributed by atoms with Crippen molar-refractivity contribution in [1.82, 2.24) is 10.4 Å². The fraction of sp³-hybridized carbons (Fsp3) is 0. The van der Waals surface area contributed by atoms with Crippen LogP contribution in [0.25, 0.3) is 0 Å². The molecule has 1 aromatic heterocycles. The van der Waals surface area contributed by atoms with Crippen LogP contribution in [0.2, 0.25) is 0 Å². The molecule has 1 aromatic rings. The highest BCUT2D eigenvalue weighted by Crippen LogP contribution is 2.03. The van der Waals surface area contributed by atoms with E-state index in [2.05, 4.69) is 10.4 Å². The Balaban J connectivity index is 2.84. The van der Waals surface area contributed by atoms with E-state index >= 15 is 0 Å². The minimum absolute atomic E-state index is 0.247. The molecule has 6 heteroatoms. The molecular weight excluding hydrogens is 158 g/mol. The van der Waals surface area contributed by atoms with E-state index in [1.165, 1.54) is 12.3 Å². The molecule has 0 spiro atoms. The lowest BCUT2D eigenvalue weighted by Gasteiger charge is -2.00. The summed E-state index contributed by atoms with van der Waals surface area (Å²) in [6.07, 6.45) is 1.44. The Labute approximate surface area is 68.9 Å². The molecule has 0 saturated heterocycles. The molecule has 0 aromatic carbocycles. The molecule has 0 bridgehead atoms. The zero-order chi connectivity index (χ0) is 8.97. The van der Waals surface area contributed by atoms with Gasteiger partial charge in [0.15, 0.2) is 0 Å². The lowest BCUT2D eigenvalue weighted by Crippen LogP contribution is -2.30. The molecule has 6 nitrogen and oxygen atoms in total. The molecule has 0 aliphatic carbocycles. The van der Waals surface area contributed by atoms with Gasteiger partial charge in [-0.25, -0.2) is 10.8 Å². The number of aromatic nitrogens is 1. The van der Waals surface area contributed by atoms with Gasteiger partial charge in [0, 0.05) is 0 Å². The first-order valence-electron chi connectivity index (χ1n) is 3.21. The van der Waals surface area contributed by atoms with Crippen molar-refractivity contribution in [2.45, 2.75) is 0 Å². The molecule has 1 heterocycles. The molecule has 1 amide bonds. The zero-order valence-corrected chi connectivity index (χ0v) is 6.24. The summed E-state index contributed by atoms with van der Waals surface area (Å²) in [5, 5.41) is 0. The molecule has 0 unspecified atom stereocenters. The average Bonchev–Trinajstić information content (AvgIpc) is 2.17. The molecule has 1 rings (SSSR count). The summed E-state index contributed by atoms with van der Waals surface area (Å²) in [6, 6.07) is 3.13. The number of pyridine rings is 1. The van der Waals surface area contributed by atoms with Gasteiger partial charge >= 0.3 is 0 Å². The molecule has 0 fully saturated rings. The largest absolute Gasteiger partial charge is 0.323 e. The molecule has 64 valence electrons. The third kappa shape index (κ3) is 1.68. The van der Waals surface area contributed by atoms with Gasteiger partial charge in [0.2, 0.25) is 0 Å². The first kappa shape index (κ1) is 8.44. The normalized spacial score (nSPS) is 9.17. The van der Waals surface area contributed by atoms with Gasteiger partial charge in [-0.3, -0.25) is 16.1 Å². The second-order valence-electron chi connectivity index (χ2n) is 2.05. The van der Waals surface area contributed by atoms with Crippen molar-refractivity contribution < 1.29 is 4.79 Å². The van der Waals surface area contributed by atoms with Crippen LogP contribution in [-0.4, -0.2) is 10.9 Å². The summed E-state index contributed by atoms with van der Waals surface area (Å²) in [5.74, 6) is 9.56. The number of anilines is 1. The Morgan fingerprint density at radius 3 is 2.58 bits per heavy atom. The van der Waals surface area contributed by atoms with Crippen molar-refractivity contribution in [1.29, 1.82) is 0 Å². The van der Waals surface area contributed by atoms with Gasteiger partial charge < -0.3 is 5.43 Å².